The SMILES string of the molecule is CC(NC(=O)N(CC(N)=O)CC(=O)O)c1ccc(Cl)s1. The third-order valence-corrected chi connectivity index (χ3v) is 3.73. The molecule has 1 rings (SSSR count). The molecular weight excluding hydrogens is 306 g/mol. The largest absolute Gasteiger partial charge is 0.480 e. The highest BCUT2D eigenvalue weighted by Crippen LogP contribution is 2.26. The lowest BCUT2D eigenvalue weighted by Crippen LogP contribution is -2.47. The minimum atomic E-state index is -1.23. The zero-order valence-corrected chi connectivity index (χ0v) is 12.2. The van der Waals surface area contributed by atoms with Crippen molar-refractivity contribution in [1.29, 1.82) is 0 Å². The van der Waals surface area contributed by atoms with E-state index in [4.69, 9.17) is 22.4 Å². The fourth-order valence-corrected chi connectivity index (χ4v) is 2.52. The van der Waals surface area contributed by atoms with E-state index in [1.807, 2.05) is 0 Å². The van der Waals surface area contributed by atoms with Crippen molar-refractivity contribution in [2.24, 2.45) is 5.73 Å². The Kier molecular flexibility index (Phi) is 5.78. The van der Waals surface area contributed by atoms with Gasteiger partial charge in [-0.25, -0.2) is 4.79 Å². The van der Waals surface area contributed by atoms with Crippen LogP contribution in [-0.2, 0) is 9.59 Å². The number of amides is 3. The van der Waals surface area contributed by atoms with E-state index in [-0.39, 0.29) is 6.04 Å². The lowest BCUT2D eigenvalue weighted by molar-refractivity contribution is -0.137. The lowest BCUT2D eigenvalue weighted by Gasteiger charge is -2.22. The summed E-state index contributed by atoms with van der Waals surface area (Å²) in [4.78, 5) is 35.1. The Morgan fingerprint density at radius 1 is 1.45 bits per heavy atom. The molecule has 1 atom stereocenters. The van der Waals surface area contributed by atoms with E-state index in [1.165, 1.54) is 11.3 Å². The fourth-order valence-electron chi connectivity index (χ4n) is 1.46. The number of thiophene rings is 1. The summed E-state index contributed by atoms with van der Waals surface area (Å²) in [5, 5.41) is 11.3. The molecule has 0 spiro atoms. The molecule has 1 heterocycles. The van der Waals surface area contributed by atoms with Crippen LogP contribution in [0.1, 0.15) is 17.8 Å². The number of carboxylic acid groups (broad SMARTS) is 1. The number of aliphatic carboxylic acids is 1. The van der Waals surface area contributed by atoms with Crippen molar-refractivity contribution >= 4 is 40.8 Å². The van der Waals surface area contributed by atoms with E-state index < -0.39 is 31.0 Å². The Morgan fingerprint density at radius 3 is 2.55 bits per heavy atom. The Balaban J connectivity index is 2.69. The van der Waals surface area contributed by atoms with E-state index in [9.17, 15) is 14.4 Å². The highest BCUT2D eigenvalue weighted by Gasteiger charge is 2.21. The van der Waals surface area contributed by atoms with Crippen LogP contribution in [0.5, 0.6) is 0 Å². The molecule has 0 aliphatic rings. The van der Waals surface area contributed by atoms with Gasteiger partial charge in [0.05, 0.1) is 10.4 Å². The average Bonchev–Trinajstić information content (AvgIpc) is 2.73. The summed E-state index contributed by atoms with van der Waals surface area (Å²) in [6.07, 6.45) is 0. The number of urea groups is 1. The number of carbonyl (C=O) groups excluding carboxylic acids is 2. The van der Waals surface area contributed by atoms with E-state index in [0.29, 0.717) is 4.34 Å². The lowest BCUT2D eigenvalue weighted by atomic mass is 10.3. The zero-order chi connectivity index (χ0) is 15.3. The Bertz CT molecular complexity index is 504. The molecule has 1 unspecified atom stereocenters. The van der Waals surface area contributed by atoms with Gasteiger partial charge in [-0.3, -0.25) is 9.59 Å². The van der Waals surface area contributed by atoms with Crippen LogP contribution in [0.15, 0.2) is 12.1 Å². The normalized spacial score (nSPS) is 11.7. The Morgan fingerprint density at radius 2 is 2.10 bits per heavy atom. The summed E-state index contributed by atoms with van der Waals surface area (Å²) >= 11 is 7.10. The van der Waals surface area contributed by atoms with Gasteiger partial charge in [0, 0.05) is 4.88 Å². The number of carbonyl (C=O) groups is 3. The van der Waals surface area contributed by atoms with Crippen molar-refractivity contribution < 1.29 is 19.5 Å². The van der Waals surface area contributed by atoms with Crippen molar-refractivity contribution in [3.05, 3.63) is 21.3 Å². The maximum Gasteiger partial charge on any atom is 0.323 e. The molecular formula is C11H14ClN3O4S. The number of nitrogens with two attached hydrogens (primary N) is 1. The minimum Gasteiger partial charge on any atom is -0.480 e. The molecule has 1 aromatic rings. The number of halogens is 1. The van der Waals surface area contributed by atoms with Crippen molar-refractivity contribution in [1.82, 2.24) is 10.2 Å². The highest BCUT2D eigenvalue weighted by atomic mass is 35.5. The molecule has 4 N–H and O–H groups in total. The first-order chi connectivity index (χ1) is 9.29. The molecule has 0 saturated carbocycles. The van der Waals surface area contributed by atoms with Gasteiger partial charge in [0.25, 0.3) is 0 Å². The molecule has 0 aromatic carbocycles. The van der Waals surface area contributed by atoms with Gasteiger partial charge in [0.2, 0.25) is 5.91 Å². The van der Waals surface area contributed by atoms with Crippen molar-refractivity contribution in [2.45, 2.75) is 13.0 Å². The van der Waals surface area contributed by atoms with Gasteiger partial charge in [-0.05, 0) is 19.1 Å². The fraction of sp³-hybridized carbons (Fsp3) is 0.364. The average molecular weight is 320 g/mol. The van der Waals surface area contributed by atoms with Gasteiger partial charge in [0.15, 0.2) is 0 Å². The number of hydrogen-bond donors (Lipinski definition) is 3. The molecule has 0 radical (unpaired) electrons. The molecule has 110 valence electrons. The van der Waals surface area contributed by atoms with Gasteiger partial charge in [0.1, 0.15) is 13.1 Å². The molecule has 1 aromatic heterocycles. The van der Waals surface area contributed by atoms with Crippen molar-refractivity contribution in [2.75, 3.05) is 13.1 Å². The number of primary amides is 1. The summed E-state index contributed by atoms with van der Waals surface area (Å²) < 4.78 is 0.584. The van der Waals surface area contributed by atoms with E-state index in [0.717, 1.165) is 9.78 Å². The van der Waals surface area contributed by atoms with Crippen molar-refractivity contribution in [3.8, 4) is 0 Å². The van der Waals surface area contributed by atoms with Crippen LogP contribution < -0.4 is 11.1 Å². The quantitative estimate of drug-likeness (QED) is 0.727. The third kappa shape index (κ3) is 5.06. The molecule has 0 aliphatic carbocycles. The first-order valence-corrected chi connectivity index (χ1v) is 6.79. The number of carboxylic acids is 1. The van der Waals surface area contributed by atoms with Gasteiger partial charge in [-0.1, -0.05) is 11.6 Å². The summed E-state index contributed by atoms with van der Waals surface area (Å²) in [5.41, 5.74) is 4.98. The second-order valence-electron chi connectivity index (χ2n) is 4.03. The van der Waals surface area contributed by atoms with Crippen LogP contribution in [0.2, 0.25) is 4.34 Å². The second kappa shape index (κ2) is 7.11. The number of hydrogen-bond acceptors (Lipinski definition) is 4. The van der Waals surface area contributed by atoms with Crippen LogP contribution in [0.3, 0.4) is 0 Å². The van der Waals surface area contributed by atoms with E-state index in [2.05, 4.69) is 5.32 Å². The summed E-state index contributed by atoms with van der Waals surface area (Å²) in [5.74, 6) is -2.01. The molecule has 20 heavy (non-hydrogen) atoms. The van der Waals surface area contributed by atoms with Crippen LogP contribution in [-0.4, -0.2) is 41.0 Å². The topological polar surface area (TPSA) is 113 Å². The Hall–Kier alpha value is -1.80. The van der Waals surface area contributed by atoms with Crippen LogP contribution >= 0.6 is 22.9 Å². The monoisotopic (exact) mass is 319 g/mol. The maximum atomic E-state index is 11.9. The molecule has 0 fully saturated rings. The number of nitrogens with zero attached hydrogens (tertiary/aromatic N) is 1. The first-order valence-electron chi connectivity index (χ1n) is 5.60. The molecule has 7 nitrogen and oxygen atoms in total. The summed E-state index contributed by atoms with van der Waals surface area (Å²) in [6.45, 7) is 0.659. The van der Waals surface area contributed by atoms with Crippen LogP contribution in [0.25, 0.3) is 0 Å². The molecule has 0 bridgehead atoms. The Labute approximate surface area is 124 Å². The van der Waals surface area contributed by atoms with Crippen LogP contribution in [0.4, 0.5) is 4.79 Å². The minimum absolute atomic E-state index is 0.357. The molecule has 3 amide bonds. The van der Waals surface area contributed by atoms with Gasteiger partial charge >= 0.3 is 12.0 Å². The second-order valence-corrected chi connectivity index (χ2v) is 5.78. The summed E-state index contributed by atoms with van der Waals surface area (Å²) in [7, 11) is 0. The molecule has 0 saturated heterocycles. The predicted molar refractivity (Wildman–Crippen MR) is 74.7 cm³/mol. The molecule has 9 heteroatoms. The van der Waals surface area contributed by atoms with E-state index in [1.54, 1.807) is 19.1 Å². The summed E-state index contributed by atoms with van der Waals surface area (Å²) in [6, 6.07) is 2.42. The van der Waals surface area contributed by atoms with Gasteiger partial charge < -0.3 is 21.1 Å². The van der Waals surface area contributed by atoms with E-state index >= 15 is 0 Å². The van der Waals surface area contributed by atoms with Crippen LogP contribution in [0, 0.1) is 0 Å². The maximum absolute atomic E-state index is 11.9. The predicted octanol–water partition coefficient (Wildman–Crippen LogP) is 1.04. The highest BCUT2D eigenvalue weighted by molar-refractivity contribution is 7.16. The number of nitrogens with one attached hydrogen (secondary N) is 1. The number of rotatable bonds is 6. The zero-order valence-electron chi connectivity index (χ0n) is 10.6. The van der Waals surface area contributed by atoms with Crippen molar-refractivity contribution in [3.63, 3.8) is 0 Å². The van der Waals surface area contributed by atoms with Gasteiger partial charge in [-0.2, -0.15) is 0 Å². The van der Waals surface area contributed by atoms with Gasteiger partial charge in [-0.15, -0.1) is 11.3 Å². The third-order valence-electron chi connectivity index (χ3n) is 2.32. The standard InChI is InChI=1S/C11H14ClN3O4S/c1-6(7-2-3-8(12)20-7)14-11(19)15(4-9(13)16)5-10(17)18/h2-3,6H,4-5H2,1H3,(H2,13,16)(H,14,19)(H,17,18). The first kappa shape index (κ1) is 16.3. The molecule has 0 aliphatic heterocycles. The smallest absolute Gasteiger partial charge is 0.323 e.